The van der Waals surface area contributed by atoms with Crippen LogP contribution in [0.2, 0.25) is 5.02 Å². The van der Waals surface area contributed by atoms with Crippen molar-refractivity contribution in [2.75, 3.05) is 26.0 Å². The second kappa shape index (κ2) is 16.9. The van der Waals surface area contributed by atoms with Crippen molar-refractivity contribution in [3.8, 4) is 0 Å². The topological polar surface area (TPSA) is 155 Å². The first-order chi connectivity index (χ1) is 22.4. The first-order valence-electron chi connectivity index (χ1n) is 15.9. The molecule has 0 bridgehead atoms. The minimum atomic E-state index is -4.36. The Morgan fingerprint density at radius 3 is 2.36 bits per heavy atom. The van der Waals surface area contributed by atoms with Gasteiger partial charge in [-0.05, 0) is 73.9 Å². The van der Waals surface area contributed by atoms with Crippen LogP contribution in [0, 0.1) is 0 Å². The number of carbonyl (C=O) groups excluding carboxylic acids is 3. The van der Waals surface area contributed by atoms with Gasteiger partial charge < -0.3 is 24.1 Å². The fraction of sp³-hybridized carbons (Fsp3) is 0.471. The monoisotopic (exact) mass is 686 g/mol. The van der Waals surface area contributed by atoms with Crippen LogP contribution in [-0.2, 0) is 37.4 Å². The second-order valence-electron chi connectivity index (χ2n) is 12.0. The highest BCUT2D eigenvalue weighted by Crippen LogP contribution is 2.37. The highest BCUT2D eigenvalue weighted by atomic mass is 35.5. The lowest BCUT2D eigenvalue weighted by molar-refractivity contribution is -0.143. The Morgan fingerprint density at radius 2 is 1.68 bits per heavy atom. The molecule has 11 nitrogen and oxygen atoms in total. The van der Waals surface area contributed by atoms with E-state index >= 15 is 0 Å². The Kier molecular flexibility index (Phi) is 13.0. The first-order valence-corrected chi connectivity index (χ1v) is 17.9. The number of nitrogens with zero attached hydrogens (tertiary/aromatic N) is 2. The van der Waals surface area contributed by atoms with Crippen molar-refractivity contribution in [3.05, 3.63) is 80.6 Å². The van der Waals surface area contributed by atoms with Crippen molar-refractivity contribution >= 4 is 50.4 Å². The lowest BCUT2D eigenvalue weighted by Crippen LogP contribution is -2.31. The van der Waals surface area contributed by atoms with Crippen LogP contribution < -0.4 is 10.7 Å². The maximum absolute atomic E-state index is 13.5. The summed E-state index contributed by atoms with van der Waals surface area (Å²) in [5.74, 6) is -1.54. The number of pyridine rings is 1. The molecule has 2 aromatic carbocycles. The van der Waals surface area contributed by atoms with E-state index in [1.807, 2.05) is 34.9 Å². The molecule has 3 aromatic rings. The fourth-order valence-corrected chi connectivity index (χ4v) is 5.88. The Morgan fingerprint density at radius 1 is 1.00 bits per heavy atom. The minimum Gasteiger partial charge on any atom is -0.748 e. The van der Waals surface area contributed by atoms with Crippen LogP contribution in [0.25, 0.3) is 10.9 Å². The number of amides is 2. The van der Waals surface area contributed by atoms with Gasteiger partial charge in [0, 0.05) is 55.6 Å². The molecule has 0 saturated heterocycles. The van der Waals surface area contributed by atoms with Gasteiger partial charge in [-0.1, -0.05) is 42.6 Å². The second-order valence-corrected chi connectivity index (χ2v) is 13.9. The summed E-state index contributed by atoms with van der Waals surface area (Å²) in [5.41, 5.74) is 2.38. The van der Waals surface area contributed by atoms with Gasteiger partial charge in [-0.2, -0.15) is 0 Å². The van der Waals surface area contributed by atoms with E-state index in [-0.39, 0.29) is 61.4 Å². The number of halogens is 1. The van der Waals surface area contributed by atoms with Gasteiger partial charge in [-0.15, -0.1) is 0 Å². The van der Waals surface area contributed by atoms with Gasteiger partial charge in [0.1, 0.15) is 5.56 Å². The van der Waals surface area contributed by atoms with Crippen LogP contribution in [0.15, 0.2) is 53.5 Å². The zero-order chi connectivity index (χ0) is 34.0. The number of hydrogen-bond acceptors (Lipinski definition) is 8. The molecule has 1 N–H and O–H groups in total. The molecule has 0 spiro atoms. The van der Waals surface area contributed by atoms with Crippen molar-refractivity contribution in [2.24, 2.45) is 0 Å². The molecule has 13 heteroatoms. The zero-order valence-electron chi connectivity index (χ0n) is 26.5. The molecule has 0 unspecified atom stereocenters. The van der Waals surface area contributed by atoms with Crippen molar-refractivity contribution in [1.82, 2.24) is 14.8 Å². The molecule has 1 saturated carbocycles. The standard InChI is InChI=1S/C34H42ClN3O8S/c1-37(18-20-47(43,44)45)31(39)8-4-2-3-5-9-32(40)46-19-6-7-24-12-17-30-28(21-24)33(41)29(23-38(30)27-15-16-27)34(42)36-22-25-10-13-26(35)14-11-25/h10-14,17,21,23,27H,2-9,15-16,18-20,22H2,1H3,(H,36,42)(H,43,44,45)/p-1. The molecule has 254 valence electrons. The summed E-state index contributed by atoms with van der Waals surface area (Å²) in [6.07, 6.45) is 8.09. The molecule has 1 aliphatic carbocycles. The molecule has 4 rings (SSSR count). The average molecular weight is 687 g/mol. The van der Waals surface area contributed by atoms with E-state index in [1.54, 1.807) is 18.3 Å². The number of aromatic nitrogens is 1. The summed E-state index contributed by atoms with van der Waals surface area (Å²) in [6.45, 7) is 0.400. The lowest BCUT2D eigenvalue weighted by Gasteiger charge is -2.18. The Balaban J connectivity index is 1.20. The van der Waals surface area contributed by atoms with Gasteiger partial charge in [0.15, 0.2) is 0 Å². The molecule has 1 aromatic heterocycles. The van der Waals surface area contributed by atoms with E-state index in [4.69, 9.17) is 16.3 Å². The predicted molar refractivity (Wildman–Crippen MR) is 178 cm³/mol. The van der Waals surface area contributed by atoms with E-state index in [1.165, 1.54) is 11.9 Å². The van der Waals surface area contributed by atoms with Gasteiger partial charge in [0.25, 0.3) is 5.91 Å². The summed E-state index contributed by atoms with van der Waals surface area (Å²) in [6, 6.07) is 13.1. The van der Waals surface area contributed by atoms with Crippen LogP contribution in [0.5, 0.6) is 0 Å². The van der Waals surface area contributed by atoms with Crippen LogP contribution in [0.1, 0.15) is 85.3 Å². The van der Waals surface area contributed by atoms with Crippen LogP contribution in [0.3, 0.4) is 0 Å². The molecule has 0 radical (unpaired) electrons. The molecule has 0 atom stereocenters. The summed E-state index contributed by atoms with van der Waals surface area (Å²) in [4.78, 5) is 52.0. The van der Waals surface area contributed by atoms with Gasteiger partial charge >= 0.3 is 5.97 Å². The molecule has 0 aliphatic heterocycles. The molecular formula is C34H41ClN3O8S-. The number of nitrogens with one attached hydrogen (secondary N) is 1. The fourth-order valence-electron chi connectivity index (χ4n) is 5.25. The van der Waals surface area contributed by atoms with Crippen molar-refractivity contribution in [3.63, 3.8) is 0 Å². The number of hydrogen-bond donors (Lipinski definition) is 1. The smallest absolute Gasteiger partial charge is 0.305 e. The van der Waals surface area contributed by atoms with Gasteiger partial charge in [0.05, 0.1) is 28.0 Å². The van der Waals surface area contributed by atoms with E-state index < -0.39 is 21.8 Å². The number of benzene rings is 2. The molecule has 1 aliphatic rings. The maximum Gasteiger partial charge on any atom is 0.305 e. The molecule has 2 amide bonds. The highest BCUT2D eigenvalue weighted by molar-refractivity contribution is 7.85. The third kappa shape index (κ3) is 11.5. The number of esters is 1. The van der Waals surface area contributed by atoms with Crippen LogP contribution in [-0.4, -0.2) is 66.2 Å². The quantitative estimate of drug-likeness (QED) is 0.114. The van der Waals surface area contributed by atoms with Crippen LogP contribution >= 0.6 is 11.6 Å². The number of unbranched alkanes of at least 4 members (excludes halogenated alkanes) is 3. The van der Waals surface area contributed by atoms with Gasteiger partial charge in [0.2, 0.25) is 11.3 Å². The van der Waals surface area contributed by atoms with Crippen molar-refractivity contribution in [1.29, 1.82) is 0 Å². The van der Waals surface area contributed by atoms with Crippen molar-refractivity contribution in [2.45, 2.75) is 76.8 Å². The number of aryl methyl sites for hydroxylation is 1. The largest absolute Gasteiger partial charge is 0.748 e. The van der Waals surface area contributed by atoms with E-state index in [0.29, 0.717) is 36.1 Å². The average Bonchev–Trinajstić information content (AvgIpc) is 3.88. The van der Waals surface area contributed by atoms with E-state index in [0.717, 1.165) is 42.3 Å². The maximum atomic E-state index is 13.5. The van der Waals surface area contributed by atoms with Gasteiger partial charge in [-0.3, -0.25) is 19.2 Å². The van der Waals surface area contributed by atoms with E-state index in [9.17, 15) is 32.1 Å². The summed E-state index contributed by atoms with van der Waals surface area (Å²) in [5, 5.41) is 3.95. The minimum absolute atomic E-state index is 0.108. The highest BCUT2D eigenvalue weighted by Gasteiger charge is 2.27. The van der Waals surface area contributed by atoms with Crippen molar-refractivity contribution < 1.29 is 32.1 Å². The molecule has 1 fully saturated rings. The first kappa shape index (κ1) is 36.1. The summed E-state index contributed by atoms with van der Waals surface area (Å²) >= 11 is 5.95. The SMILES string of the molecule is CN(CCS(=O)(=O)[O-])C(=O)CCCCCCC(=O)OCCCc1ccc2c(c1)c(=O)c(C(=O)NCc1ccc(Cl)cc1)cn2C1CC1. The van der Waals surface area contributed by atoms with E-state index in [2.05, 4.69) is 5.32 Å². The molecular weight excluding hydrogens is 646 g/mol. The number of carbonyl (C=O) groups is 3. The van der Waals surface area contributed by atoms with Gasteiger partial charge in [-0.25, -0.2) is 8.42 Å². The third-order valence-corrected chi connectivity index (χ3v) is 9.08. The number of fused-ring (bicyclic) bond motifs is 1. The third-order valence-electron chi connectivity index (χ3n) is 8.14. The normalized spacial score (nSPS) is 13.0. The summed E-state index contributed by atoms with van der Waals surface area (Å²) in [7, 11) is -2.89. The predicted octanol–water partition coefficient (Wildman–Crippen LogP) is 4.74. The van der Waals surface area contributed by atoms with Crippen LogP contribution in [0.4, 0.5) is 0 Å². The number of rotatable bonds is 18. The molecule has 1 heterocycles. The number of ether oxygens (including phenoxy) is 1. The summed E-state index contributed by atoms with van der Waals surface area (Å²) < 4.78 is 39.5. The Labute approximate surface area is 280 Å². The Bertz CT molecular complexity index is 1740. The zero-order valence-corrected chi connectivity index (χ0v) is 28.1. The Hall–Kier alpha value is -3.74. The molecule has 47 heavy (non-hydrogen) atoms. The lowest BCUT2D eigenvalue weighted by atomic mass is 10.0.